The molecule has 23 heavy (non-hydrogen) atoms. The molecule has 0 amide bonds. The number of aromatic nitrogens is 1. The lowest BCUT2D eigenvalue weighted by atomic mass is 10.0. The van der Waals surface area contributed by atoms with Gasteiger partial charge in [0.1, 0.15) is 11.6 Å². The van der Waals surface area contributed by atoms with Crippen molar-refractivity contribution in [3.8, 4) is 17.0 Å². The molecular formula is C19H25N3O. The minimum atomic E-state index is 0.545. The molecule has 1 aliphatic heterocycles. The summed E-state index contributed by atoms with van der Waals surface area (Å²) in [7, 11) is 0. The SMILES string of the molecule is Cc1cc(-c2cccc(N)n2)c(C)cc1OCCC1CCCN1. The molecule has 1 atom stereocenters. The standard InChI is InChI=1S/C19H25N3O/c1-13-12-18(23-10-8-15-5-4-9-21-15)14(2)11-16(13)17-6-3-7-19(20)22-17/h3,6-7,11-12,15,21H,4-5,8-10H2,1-2H3,(H2,20,22). The Labute approximate surface area is 138 Å². The molecule has 1 aromatic heterocycles. The number of hydrogen-bond acceptors (Lipinski definition) is 4. The predicted molar refractivity (Wildman–Crippen MR) is 94.7 cm³/mol. The number of benzene rings is 1. The van der Waals surface area contributed by atoms with Crippen molar-refractivity contribution in [2.45, 2.75) is 39.2 Å². The van der Waals surface area contributed by atoms with Gasteiger partial charge in [-0.1, -0.05) is 6.07 Å². The highest BCUT2D eigenvalue weighted by molar-refractivity contribution is 5.67. The Morgan fingerprint density at radius 2 is 2.13 bits per heavy atom. The largest absolute Gasteiger partial charge is 0.493 e. The highest BCUT2D eigenvalue weighted by Gasteiger charge is 2.14. The number of pyridine rings is 1. The van der Waals surface area contributed by atoms with E-state index < -0.39 is 0 Å². The number of anilines is 1. The number of nitrogen functional groups attached to an aromatic ring is 1. The van der Waals surface area contributed by atoms with Crippen LogP contribution < -0.4 is 15.8 Å². The topological polar surface area (TPSA) is 60.2 Å². The van der Waals surface area contributed by atoms with Gasteiger partial charge in [0.15, 0.2) is 0 Å². The van der Waals surface area contributed by atoms with Crippen molar-refractivity contribution in [2.75, 3.05) is 18.9 Å². The highest BCUT2D eigenvalue weighted by Crippen LogP contribution is 2.29. The lowest BCUT2D eigenvalue weighted by Gasteiger charge is -2.15. The molecule has 1 aliphatic rings. The van der Waals surface area contributed by atoms with Crippen LogP contribution in [0.2, 0.25) is 0 Å². The first kappa shape index (κ1) is 15.8. The summed E-state index contributed by atoms with van der Waals surface area (Å²) >= 11 is 0. The molecule has 3 rings (SSSR count). The van der Waals surface area contributed by atoms with E-state index in [2.05, 4.69) is 36.3 Å². The molecule has 1 saturated heterocycles. The van der Waals surface area contributed by atoms with E-state index in [-0.39, 0.29) is 0 Å². The number of nitrogens with zero attached hydrogens (tertiary/aromatic N) is 1. The van der Waals surface area contributed by atoms with Crippen LogP contribution in [0.15, 0.2) is 30.3 Å². The second kappa shape index (κ2) is 7.01. The van der Waals surface area contributed by atoms with Gasteiger partial charge in [0, 0.05) is 11.6 Å². The fourth-order valence-corrected chi connectivity index (χ4v) is 3.14. The fraction of sp³-hybridized carbons (Fsp3) is 0.421. The van der Waals surface area contributed by atoms with Gasteiger partial charge >= 0.3 is 0 Å². The van der Waals surface area contributed by atoms with Crippen molar-refractivity contribution in [1.82, 2.24) is 10.3 Å². The van der Waals surface area contributed by atoms with E-state index in [9.17, 15) is 0 Å². The van der Waals surface area contributed by atoms with E-state index in [1.165, 1.54) is 12.8 Å². The van der Waals surface area contributed by atoms with Gasteiger partial charge in [-0.2, -0.15) is 0 Å². The van der Waals surface area contributed by atoms with Gasteiger partial charge in [0.05, 0.1) is 12.3 Å². The first-order valence-electron chi connectivity index (χ1n) is 8.34. The van der Waals surface area contributed by atoms with Crippen molar-refractivity contribution in [3.63, 3.8) is 0 Å². The monoisotopic (exact) mass is 311 g/mol. The van der Waals surface area contributed by atoms with E-state index in [1.807, 2.05) is 12.1 Å². The molecule has 2 heterocycles. The molecule has 1 aromatic carbocycles. The maximum absolute atomic E-state index is 6.01. The Hall–Kier alpha value is -2.07. The molecule has 1 unspecified atom stereocenters. The van der Waals surface area contributed by atoms with Gasteiger partial charge in [0.2, 0.25) is 0 Å². The van der Waals surface area contributed by atoms with Crippen LogP contribution in [-0.2, 0) is 0 Å². The van der Waals surface area contributed by atoms with Crippen molar-refractivity contribution in [2.24, 2.45) is 0 Å². The summed E-state index contributed by atoms with van der Waals surface area (Å²) < 4.78 is 6.01. The third kappa shape index (κ3) is 3.82. The van der Waals surface area contributed by atoms with Crippen LogP contribution in [0.5, 0.6) is 5.75 Å². The quantitative estimate of drug-likeness (QED) is 0.887. The van der Waals surface area contributed by atoms with Gasteiger partial charge in [-0.05, 0) is 75.0 Å². The number of rotatable bonds is 5. The Bertz CT molecular complexity index is 678. The Balaban J connectivity index is 1.72. The fourth-order valence-electron chi connectivity index (χ4n) is 3.14. The smallest absolute Gasteiger partial charge is 0.124 e. The van der Waals surface area contributed by atoms with Crippen molar-refractivity contribution >= 4 is 5.82 Å². The molecule has 1 fully saturated rings. The first-order chi connectivity index (χ1) is 11.1. The zero-order valence-electron chi connectivity index (χ0n) is 13.9. The molecule has 0 bridgehead atoms. The third-order valence-electron chi connectivity index (χ3n) is 4.45. The minimum absolute atomic E-state index is 0.545. The van der Waals surface area contributed by atoms with E-state index in [0.717, 1.165) is 47.7 Å². The summed E-state index contributed by atoms with van der Waals surface area (Å²) in [6.45, 7) is 6.07. The van der Waals surface area contributed by atoms with Gasteiger partial charge in [-0.3, -0.25) is 0 Å². The average molecular weight is 311 g/mol. The molecule has 0 radical (unpaired) electrons. The molecule has 3 N–H and O–H groups in total. The Morgan fingerprint density at radius 1 is 1.26 bits per heavy atom. The summed E-state index contributed by atoms with van der Waals surface area (Å²) in [5.74, 6) is 1.51. The molecule has 0 saturated carbocycles. The van der Waals surface area contributed by atoms with Crippen molar-refractivity contribution < 1.29 is 4.74 Å². The van der Waals surface area contributed by atoms with Crippen LogP contribution in [0.1, 0.15) is 30.4 Å². The van der Waals surface area contributed by atoms with E-state index >= 15 is 0 Å². The second-order valence-corrected chi connectivity index (χ2v) is 6.31. The maximum atomic E-state index is 6.01. The Kier molecular flexibility index (Phi) is 4.82. The zero-order valence-corrected chi connectivity index (χ0v) is 13.9. The highest BCUT2D eigenvalue weighted by atomic mass is 16.5. The number of nitrogens with two attached hydrogens (primary N) is 1. The Morgan fingerprint density at radius 3 is 2.87 bits per heavy atom. The molecular weight excluding hydrogens is 286 g/mol. The molecule has 4 heteroatoms. The summed E-state index contributed by atoms with van der Waals surface area (Å²) in [6.07, 6.45) is 3.61. The van der Waals surface area contributed by atoms with Crippen LogP contribution in [0.25, 0.3) is 11.3 Å². The van der Waals surface area contributed by atoms with E-state index in [1.54, 1.807) is 6.07 Å². The second-order valence-electron chi connectivity index (χ2n) is 6.31. The predicted octanol–water partition coefficient (Wildman–Crippen LogP) is 3.47. The zero-order chi connectivity index (χ0) is 16.2. The van der Waals surface area contributed by atoms with Crippen LogP contribution in [0.3, 0.4) is 0 Å². The van der Waals surface area contributed by atoms with Gasteiger partial charge in [0.25, 0.3) is 0 Å². The van der Waals surface area contributed by atoms with Crippen LogP contribution in [-0.4, -0.2) is 24.2 Å². The average Bonchev–Trinajstić information content (AvgIpc) is 3.03. The maximum Gasteiger partial charge on any atom is 0.124 e. The first-order valence-corrected chi connectivity index (χ1v) is 8.34. The van der Waals surface area contributed by atoms with Gasteiger partial charge in [-0.25, -0.2) is 4.98 Å². The lowest BCUT2D eigenvalue weighted by Crippen LogP contribution is -2.23. The third-order valence-corrected chi connectivity index (χ3v) is 4.45. The normalized spacial score (nSPS) is 17.4. The van der Waals surface area contributed by atoms with Crippen molar-refractivity contribution in [3.05, 3.63) is 41.5 Å². The number of aryl methyl sites for hydroxylation is 2. The number of nitrogens with one attached hydrogen (secondary N) is 1. The minimum Gasteiger partial charge on any atom is -0.493 e. The number of hydrogen-bond donors (Lipinski definition) is 2. The number of ether oxygens (including phenoxy) is 1. The van der Waals surface area contributed by atoms with Gasteiger partial charge in [-0.15, -0.1) is 0 Å². The van der Waals surface area contributed by atoms with Crippen LogP contribution >= 0.6 is 0 Å². The molecule has 0 aliphatic carbocycles. The van der Waals surface area contributed by atoms with E-state index in [0.29, 0.717) is 11.9 Å². The lowest BCUT2D eigenvalue weighted by molar-refractivity contribution is 0.290. The van der Waals surface area contributed by atoms with Crippen LogP contribution in [0, 0.1) is 13.8 Å². The molecule has 122 valence electrons. The summed E-state index contributed by atoms with van der Waals surface area (Å²) in [5.41, 5.74) is 10.1. The molecule has 2 aromatic rings. The van der Waals surface area contributed by atoms with Crippen molar-refractivity contribution in [1.29, 1.82) is 0 Å². The summed E-state index contributed by atoms with van der Waals surface area (Å²) in [5, 5.41) is 3.50. The molecule has 4 nitrogen and oxygen atoms in total. The molecule has 0 spiro atoms. The van der Waals surface area contributed by atoms with E-state index in [4.69, 9.17) is 10.5 Å². The van der Waals surface area contributed by atoms with Gasteiger partial charge < -0.3 is 15.8 Å². The van der Waals surface area contributed by atoms with Crippen LogP contribution in [0.4, 0.5) is 5.82 Å². The summed E-state index contributed by atoms with van der Waals surface area (Å²) in [4.78, 5) is 4.42. The summed E-state index contributed by atoms with van der Waals surface area (Å²) in [6, 6.07) is 10.6.